The van der Waals surface area contributed by atoms with Gasteiger partial charge in [-0.05, 0) is 24.6 Å². The molecule has 0 aliphatic rings. The van der Waals surface area contributed by atoms with Crippen LogP contribution in [-0.4, -0.2) is 22.8 Å². The molecule has 1 amide bonds. The zero-order valence-electron chi connectivity index (χ0n) is 12.6. The molecule has 2 rings (SSSR count). The van der Waals surface area contributed by atoms with E-state index < -0.39 is 23.3 Å². The average Bonchev–Trinajstić information content (AvgIpc) is 2.48. The largest absolute Gasteiger partial charge is 0.431 e. The zero-order valence-corrected chi connectivity index (χ0v) is 12.6. The summed E-state index contributed by atoms with van der Waals surface area (Å²) in [5.41, 5.74) is -0.634. The first-order chi connectivity index (χ1) is 10.7. The second kappa shape index (κ2) is 6.28. The molecule has 0 radical (unpaired) electrons. The fourth-order valence-corrected chi connectivity index (χ4v) is 2.05. The highest BCUT2D eigenvalue weighted by molar-refractivity contribution is 5.93. The lowest BCUT2D eigenvalue weighted by molar-refractivity contribution is -0.141. The molecule has 122 valence electrons. The Labute approximate surface area is 130 Å². The molecule has 7 heteroatoms. The fourth-order valence-electron chi connectivity index (χ4n) is 2.05. The predicted octanol–water partition coefficient (Wildman–Crippen LogP) is 2.97. The van der Waals surface area contributed by atoms with Crippen molar-refractivity contribution in [3.8, 4) is 0 Å². The molecule has 0 aliphatic heterocycles. The molecule has 1 heterocycles. The number of H-pyrrole nitrogens is 1. The number of carbonyl (C=O) groups excluding carboxylic acids is 1. The van der Waals surface area contributed by atoms with Crippen LogP contribution in [0.25, 0.3) is 0 Å². The van der Waals surface area contributed by atoms with Crippen LogP contribution in [0.4, 0.5) is 13.2 Å². The molecule has 2 aromatic rings. The molecular formula is C16H15F3N2O2. The molecule has 0 atom stereocenters. The number of rotatable bonds is 3. The van der Waals surface area contributed by atoms with Gasteiger partial charge in [-0.25, -0.2) is 0 Å². The van der Waals surface area contributed by atoms with Crippen LogP contribution in [0.1, 0.15) is 27.2 Å². The van der Waals surface area contributed by atoms with Gasteiger partial charge in [0.2, 0.25) is 0 Å². The minimum Gasteiger partial charge on any atom is -0.337 e. The third kappa shape index (κ3) is 4.00. The van der Waals surface area contributed by atoms with Crippen molar-refractivity contribution in [3.05, 3.63) is 69.1 Å². The summed E-state index contributed by atoms with van der Waals surface area (Å²) in [5.74, 6) is -0.638. The van der Waals surface area contributed by atoms with E-state index in [2.05, 4.69) is 0 Å². The lowest BCUT2D eigenvalue weighted by Crippen LogP contribution is -2.32. The molecule has 1 aromatic heterocycles. The van der Waals surface area contributed by atoms with E-state index in [9.17, 15) is 22.8 Å². The number of pyridine rings is 1. The van der Waals surface area contributed by atoms with Crippen molar-refractivity contribution in [2.75, 3.05) is 7.05 Å². The van der Waals surface area contributed by atoms with E-state index in [4.69, 9.17) is 0 Å². The van der Waals surface area contributed by atoms with Crippen LogP contribution in [0.2, 0.25) is 0 Å². The maximum absolute atomic E-state index is 12.5. The Bertz CT molecular complexity index is 764. The van der Waals surface area contributed by atoms with Crippen LogP contribution in [0.5, 0.6) is 0 Å². The summed E-state index contributed by atoms with van der Waals surface area (Å²) in [6.07, 6.45) is -4.66. The third-order valence-electron chi connectivity index (χ3n) is 3.33. The van der Waals surface area contributed by atoms with Crippen molar-refractivity contribution in [1.29, 1.82) is 0 Å². The van der Waals surface area contributed by atoms with Crippen LogP contribution >= 0.6 is 0 Å². The lowest BCUT2D eigenvalue weighted by atomic mass is 10.1. The first-order valence-electron chi connectivity index (χ1n) is 6.80. The Morgan fingerprint density at radius 2 is 1.74 bits per heavy atom. The highest BCUT2D eigenvalue weighted by Gasteiger charge is 2.32. The molecule has 0 saturated carbocycles. The predicted molar refractivity (Wildman–Crippen MR) is 79.0 cm³/mol. The lowest BCUT2D eigenvalue weighted by Gasteiger charge is -2.17. The Morgan fingerprint density at radius 1 is 1.13 bits per heavy atom. The van der Waals surface area contributed by atoms with E-state index in [-0.39, 0.29) is 12.1 Å². The second-order valence-electron chi connectivity index (χ2n) is 5.26. The van der Waals surface area contributed by atoms with Crippen molar-refractivity contribution in [2.45, 2.75) is 19.6 Å². The van der Waals surface area contributed by atoms with Crippen LogP contribution in [0, 0.1) is 6.92 Å². The van der Waals surface area contributed by atoms with Crippen molar-refractivity contribution in [1.82, 2.24) is 9.88 Å². The van der Waals surface area contributed by atoms with Crippen LogP contribution < -0.4 is 5.56 Å². The summed E-state index contributed by atoms with van der Waals surface area (Å²) in [7, 11) is 1.49. The maximum atomic E-state index is 12.5. The average molecular weight is 324 g/mol. The van der Waals surface area contributed by atoms with Crippen molar-refractivity contribution < 1.29 is 18.0 Å². The monoisotopic (exact) mass is 324 g/mol. The Hall–Kier alpha value is -2.57. The first-order valence-corrected chi connectivity index (χ1v) is 6.80. The number of nitrogens with zero attached hydrogens (tertiary/aromatic N) is 1. The summed E-state index contributed by atoms with van der Waals surface area (Å²) in [6, 6.07) is 9.05. The summed E-state index contributed by atoms with van der Waals surface area (Å²) >= 11 is 0. The highest BCUT2D eigenvalue weighted by atomic mass is 19.4. The smallest absolute Gasteiger partial charge is 0.337 e. The molecule has 0 saturated heterocycles. The number of nitrogens with one attached hydrogen (secondary N) is 1. The number of aryl methyl sites for hydroxylation is 1. The van der Waals surface area contributed by atoms with E-state index in [1.54, 1.807) is 4.98 Å². The maximum Gasteiger partial charge on any atom is 0.431 e. The van der Waals surface area contributed by atoms with Gasteiger partial charge in [-0.3, -0.25) is 9.59 Å². The van der Waals surface area contributed by atoms with E-state index in [1.165, 1.54) is 11.9 Å². The number of hydrogen-bond donors (Lipinski definition) is 1. The molecule has 0 fully saturated rings. The number of hydrogen-bond acceptors (Lipinski definition) is 2. The molecule has 1 aromatic carbocycles. The molecule has 0 bridgehead atoms. The molecule has 0 unspecified atom stereocenters. The summed E-state index contributed by atoms with van der Waals surface area (Å²) in [5, 5.41) is 0. The van der Waals surface area contributed by atoms with Gasteiger partial charge in [-0.1, -0.05) is 29.8 Å². The van der Waals surface area contributed by atoms with E-state index in [1.807, 2.05) is 31.2 Å². The zero-order chi connectivity index (χ0) is 17.2. The molecule has 23 heavy (non-hydrogen) atoms. The van der Waals surface area contributed by atoms with Crippen molar-refractivity contribution in [2.24, 2.45) is 0 Å². The molecule has 1 N–H and O–H groups in total. The minimum atomic E-state index is -4.66. The summed E-state index contributed by atoms with van der Waals surface area (Å²) in [6.45, 7) is 2.18. The Kier molecular flexibility index (Phi) is 4.58. The van der Waals surface area contributed by atoms with Gasteiger partial charge in [0, 0.05) is 13.6 Å². The first kappa shape index (κ1) is 16.8. The summed E-state index contributed by atoms with van der Waals surface area (Å²) in [4.78, 5) is 26.9. The molecular weight excluding hydrogens is 309 g/mol. The number of amides is 1. The number of alkyl halides is 3. The summed E-state index contributed by atoms with van der Waals surface area (Å²) < 4.78 is 37.5. The standard InChI is InChI=1S/C16H15F3N2O2/c1-10-3-5-11(6-4-10)9-21(2)15(23)12-7-8-13(16(17,18)19)20-14(12)22/h3-8H,9H2,1-2H3,(H,20,22). The van der Waals surface area contributed by atoms with E-state index in [0.29, 0.717) is 6.07 Å². The molecule has 4 nitrogen and oxygen atoms in total. The number of halogens is 3. The van der Waals surface area contributed by atoms with Crippen molar-refractivity contribution in [3.63, 3.8) is 0 Å². The fraction of sp³-hybridized carbons (Fsp3) is 0.250. The minimum absolute atomic E-state index is 0.250. The number of benzene rings is 1. The van der Waals surface area contributed by atoms with Crippen molar-refractivity contribution >= 4 is 5.91 Å². The number of aromatic amines is 1. The Balaban J connectivity index is 2.19. The van der Waals surface area contributed by atoms with Gasteiger partial charge < -0.3 is 9.88 Å². The van der Waals surface area contributed by atoms with Gasteiger partial charge in [0.15, 0.2) is 0 Å². The molecule has 0 spiro atoms. The van der Waals surface area contributed by atoms with Crippen LogP contribution in [0.3, 0.4) is 0 Å². The van der Waals surface area contributed by atoms with Gasteiger partial charge >= 0.3 is 6.18 Å². The normalized spacial score (nSPS) is 11.3. The van der Waals surface area contributed by atoms with Gasteiger partial charge in [-0.2, -0.15) is 13.2 Å². The topological polar surface area (TPSA) is 53.2 Å². The van der Waals surface area contributed by atoms with Gasteiger partial charge in [0.05, 0.1) is 0 Å². The van der Waals surface area contributed by atoms with Crippen LogP contribution in [-0.2, 0) is 12.7 Å². The van der Waals surface area contributed by atoms with Gasteiger partial charge in [-0.15, -0.1) is 0 Å². The second-order valence-corrected chi connectivity index (χ2v) is 5.26. The van der Waals surface area contributed by atoms with Gasteiger partial charge in [0.25, 0.3) is 11.5 Å². The molecule has 0 aliphatic carbocycles. The quantitative estimate of drug-likeness (QED) is 0.944. The number of carbonyl (C=O) groups is 1. The van der Waals surface area contributed by atoms with Gasteiger partial charge in [0.1, 0.15) is 11.3 Å². The van der Waals surface area contributed by atoms with Crippen LogP contribution in [0.15, 0.2) is 41.2 Å². The van der Waals surface area contributed by atoms with E-state index >= 15 is 0 Å². The third-order valence-corrected chi connectivity index (χ3v) is 3.33. The highest BCUT2D eigenvalue weighted by Crippen LogP contribution is 2.26. The number of aromatic nitrogens is 1. The SMILES string of the molecule is Cc1ccc(CN(C)C(=O)c2ccc(C(F)(F)F)[nH]c2=O)cc1. The van der Waals surface area contributed by atoms with E-state index in [0.717, 1.165) is 17.2 Å². The Morgan fingerprint density at radius 3 is 2.26 bits per heavy atom.